The largest absolute Gasteiger partial charge is 0.396 e. The first-order valence-electron chi connectivity index (χ1n) is 7.00. The van der Waals surface area contributed by atoms with Crippen LogP contribution in [0, 0.1) is 5.41 Å². The molecule has 2 aromatic rings. The molecule has 2 heterocycles. The van der Waals surface area contributed by atoms with E-state index >= 15 is 0 Å². The van der Waals surface area contributed by atoms with Gasteiger partial charge in [-0.25, -0.2) is 0 Å². The third kappa shape index (κ3) is 4.41. The van der Waals surface area contributed by atoms with Crippen LogP contribution in [-0.4, -0.2) is 34.4 Å². The Kier molecular flexibility index (Phi) is 5.14. The number of H-pyrrole nitrogens is 1. The molecular formula is C15H21N3O2S. The van der Waals surface area contributed by atoms with E-state index < -0.39 is 0 Å². The fourth-order valence-electron chi connectivity index (χ4n) is 1.93. The van der Waals surface area contributed by atoms with E-state index in [4.69, 9.17) is 0 Å². The zero-order chi connectivity index (χ0) is 15.3. The molecule has 0 aliphatic rings. The van der Waals surface area contributed by atoms with E-state index in [0.29, 0.717) is 12.2 Å². The molecule has 0 spiro atoms. The van der Waals surface area contributed by atoms with Gasteiger partial charge in [-0.05, 0) is 35.8 Å². The smallest absolute Gasteiger partial charge is 0.271 e. The second kappa shape index (κ2) is 6.87. The van der Waals surface area contributed by atoms with Gasteiger partial charge in [0.2, 0.25) is 0 Å². The molecule has 0 radical (unpaired) electrons. The molecule has 0 fully saturated rings. The van der Waals surface area contributed by atoms with Gasteiger partial charge in [-0.3, -0.25) is 9.89 Å². The number of aromatic amines is 1. The highest BCUT2D eigenvalue weighted by atomic mass is 32.1. The van der Waals surface area contributed by atoms with Crippen molar-refractivity contribution in [2.24, 2.45) is 5.41 Å². The Morgan fingerprint density at radius 2 is 2.33 bits per heavy atom. The lowest BCUT2D eigenvalue weighted by Gasteiger charge is -2.21. The predicted octanol–water partition coefficient (Wildman–Crippen LogP) is 2.67. The molecule has 114 valence electrons. The number of aliphatic hydroxyl groups is 1. The van der Waals surface area contributed by atoms with E-state index in [0.717, 1.165) is 23.4 Å². The van der Waals surface area contributed by atoms with Gasteiger partial charge >= 0.3 is 0 Å². The number of amides is 1. The first kappa shape index (κ1) is 15.7. The van der Waals surface area contributed by atoms with Crippen molar-refractivity contribution in [1.29, 1.82) is 0 Å². The Morgan fingerprint density at radius 1 is 1.52 bits per heavy atom. The van der Waals surface area contributed by atoms with Crippen LogP contribution < -0.4 is 5.32 Å². The lowest BCUT2D eigenvalue weighted by Crippen LogP contribution is -2.26. The maximum Gasteiger partial charge on any atom is 0.271 e. The SMILES string of the molecule is CC(C)(CO)CCCNC(=O)c1cc(-c2cccs2)[nH]n1. The summed E-state index contributed by atoms with van der Waals surface area (Å²) < 4.78 is 0. The predicted molar refractivity (Wildman–Crippen MR) is 84.3 cm³/mol. The molecule has 2 aromatic heterocycles. The van der Waals surface area contributed by atoms with Crippen molar-refractivity contribution in [3.8, 4) is 10.6 Å². The van der Waals surface area contributed by atoms with Crippen LogP contribution in [-0.2, 0) is 0 Å². The van der Waals surface area contributed by atoms with Crippen molar-refractivity contribution >= 4 is 17.2 Å². The molecule has 0 bridgehead atoms. The van der Waals surface area contributed by atoms with Crippen LogP contribution in [0.3, 0.4) is 0 Å². The quantitative estimate of drug-likeness (QED) is 0.688. The minimum atomic E-state index is -0.170. The van der Waals surface area contributed by atoms with E-state index in [-0.39, 0.29) is 17.9 Å². The van der Waals surface area contributed by atoms with Crippen LogP contribution >= 0.6 is 11.3 Å². The Balaban J connectivity index is 1.82. The number of carbonyl (C=O) groups excluding carboxylic acids is 1. The molecule has 21 heavy (non-hydrogen) atoms. The first-order valence-corrected chi connectivity index (χ1v) is 7.88. The zero-order valence-corrected chi connectivity index (χ0v) is 13.2. The fourth-order valence-corrected chi connectivity index (χ4v) is 2.63. The van der Waals surface area contributed by atoms with E-state index in [1.807, 2.05) is 31.4 Å². The number of hydrogen-bond donors (Lipinski definition) is 3. The molecule has 0 aliphatic heterocycles. The average molecular weight is 307 g/mol. The van der Waals surface area contributed by atoms with Gasteiger partial charge < -0.3 is 10.4 Å². The standard InChI is InChI=1S/C15H21N3O2S/c1-15(2,10-19)6-4-7-16-14(20)12-9-11(17-18-12)13-5-3-8-21-13/h3,5,8-9,19H,4,6-7,10H2,1-2H3,(H,16,20)(H,17,18). The normalized spacial score (nSPS) is 11.6. The number of aromatic nitrogens is 2. The number of thiophene rings is 1. The molecule has 0 aliphatic carbocycles. The molecule has 0 saturated carbocycles. The minimum absolute atomic E-state index is 0.0938. The van der Waals surface area contributed by atoms with Gasteiger partial charge in [0.05, 0.1) is 10.6 Å². The summed E-state index contributed by atoms with van der Waals surface area (Å²) in [5.41, 5.74) is 1.17. The Morgan fingerprint density at radius 3 is 3.00 bits per heavy atom. The highest BCUT2D eigenvalue weighted by molar-refractivity contribution is 7.13. The monoisotopic (exact) mass is 307 g/mol. The lowest BCUT2D eigenvalue weighted by atomic mass is 9.89. The Labute approximate surface area is 128 Å². The lowest BCUT2D eigenvalue weighted by molar-refractivity contribution is 0.0943. The molecular weight excluding hydrogens is 286 g/mol. The molecule has 3 N–H and O–H groups in total. The number of rotatable bonds is 7. The van der Waals surface area contributed by atoms with Gasteiger partial charge in [-0.15, -0.1) is 11.3 Å². The fraction of sp³-hybridized carbons (Fsp3) is 0.467. The summed E-state index contributed by atoms with van der Waals surface area (Å²) in [5.74, 6) is -0.170. The topological polar surface area (TPSA) is 78.0 Å². The molecule has 2 rings (SSSR count). The molecule has 0 aromatic carbocycles. The zero-order valence-electron chi connectivity index (χ0n) is 12.3. The number of hydrogen-bond acceptors (Lipinski definition) is 4. The maximum atomic E-state index is 12.0. The van der Waals surface area contributed by atoms with E-state index in [1.54, 1.807) is 17.4 Å². The highest BCUT2D eigenvalue weighted by Crippen LogP contribution is 2.23. The second-order valence-corrected chi connectivity index (χ2v) is 6.77. The van der Waals surface area contributed by atoms with E-state index in [1.165, 1.54) is 0 Å². The number of nitrogens with zero attached hydrogens (tertiary/aromatic N) is 1. The van der Waals surface area contributed by atoms with Crippen molar-refractivity contribution in [3.05, 3.63) is 29.3 Å². The molecule has 0 saturated heterocycles. The van der Waals surface area contributed by atoms with Gasteiger partial charge in [0.25, 0.3) is 5.91 Å². The van der Waals surface area contributed by atoms with Gasteiger partial charge in [0.15, 0.2) is 5.69 Å². The van der Waals surface area contributed by atoms with Crippen molar-refractivity contribution in [2.75, 3.05) is 13.2 Å². The third-order valence-electron chi connectivity index (χ3n) is 3.34. The molecule has 1 amide bonds. The van der Waals surface area contributed by atoms with Crippen molar-refractivity contribution < 1.29 is 9.90 Å². The molecule has 5 nitrogen and oxygen atoms in total. The van der Waals surface area contributed by atoms with Crippen LogP contribution in [0.25, 0.3) is 10.6 Å². The summed E-state index contributed by atoms with van der Waals surface area (Å²) in [6, 6.07) is 5.71. The van der Waals surface area contributed by atoms with Gasteiger partial charge in [0.1, 0.15) is 0 Å². The summed E-state index contributed by atoms with van der Waals surface area (Å²) >= 11 is 1.60. The van der Waals surface area contributed by atoms with Crippen LogP contribution in [0.15, 0.2) is 23.6 Å². The second-order valence-electron chi connectivity index (χ2n) is 5.83. The molecule has 0 atom stereocenters. The number of aliphatic hydroxyl groups excluding tert-OH is 1. The Hall–Kier alpha value is -1.66. The average Bonchev–Trinajstić information content (AvgIpc) is 3.13. The van der Waals surface area contributed by atoms with Gasteiger partial charge in [0, 0.05) is 13.2 Å². The summed E-state index contributed by atoms with van der Waals surface area (Å²) in [7, 11) is 0. The highest BCUT2D eigenvalue weighted by Gasteiger charge is 2.16. The molecule has 6 heteroatoms. The maximum absolute atomic E-state index is 12.0. The summed E-state index contributed by atoms with van der Waals surface area (Å²) in [6.45, 7) is 4.76. The summed E-state index contributed by atoms with van der Waals surface area (Å²) in [4.78, 5) is 13.0. The number of carbonyl (C=O) groups is 1. The van der Waals surface area contributed by atoms with Crippen molar-refractivity contribution in [2.45, 2.75) is 26.7 Å². The van der Waals surface area contributed by atoms with Crippen LogP contribution in [0.4, 0.5) is 0 Å². The van der Waals surface area contributed by atoms with Gasteiger partial charge in [-0.1, -0.05) is 19.9 Å². The molecule has 0 unspecified atom stereocenters. The van der Waals surface area contributed by atoms with Crippen LogP contribution in [0.2, 0.25) is 0 Å². The van der Waals surface area contributed by atoms with E-state index in [9.17, 15) is 9.90 Å². The number of nitrogens with one attached hydrogen (secondary N) is 2. The first-order chi connectivity index (χ1) is 10.0. The van der Waals surface area contributed by atoms with E-state index in [2.05, 4.69) is 15.5 Å². The van der Waals surface area contributed by atoms with Crippen molar-refractivity contribution in [3.63, 3.8) is 0 Å². The van der Waals surface area contributed by atoms with Crippen molar-refractivity contribution in [1.82, 2.24) is 15.5 Å². The minimum Gasteiger partial charge on any atom is -0.396 e. The van der Waals surface area contributed by atoms with Crippen LogP contribution in [0.1, 0.15) is 37.2 Å². The summed E-state index contributed by atoms with van der Waals surface area (Å²) in [6.07, 6.45) is 1.70. The van der Waals surface area contributed by atoms with Crippen LogP contribution in [0.5, 0.6) is 0 Å². The summed E-state index contributed by atoms with van der Waals surface area (Å²) in [5, 5.41) is 20.9. The third-order valence-corrected chi connectivity index (χ3v) is 4.24. The van der Waals surface area contributed by atoms with Gasteiger partial charge in [-0.2, -0.15) is 5.10 Å². The Bertz CT molecular complexity index is 576.